The molecule has 0 atom stereocenters. The summed E-state index contributed by atoms with van der Waals surface area (Å²) in [5.74, 6) is 0.951. The largest absolute Gasteiger partial charge is 0.497 e. The Morgan fingerprint density at radius 2 is 2.22 bits per heavy atom. The van der Waals surface area contributed by atoms with Crippen molar-refractivity contribution < 1.29 is 4.74 Å². The molecule has 1 aliphatic rings. The van der Waals surface area contributed by atoms with Gasteiger partial charge in [0.25, 0.3) is 0 Å². The Kier molecular flexibility index (Phi) is 4.25. The fourth-order valence-electron chi connectivity index (χ4n) is 2.53. The Morgan fingerprint density at radius 1 is 1.39 bits per heavy atom. The van der Waals surface area contributed by atoms with Gasteiger partial charge in [0, 0.05) is 31.7 Å². The summed E-state index contributed by atoms with van der Waals surface area (Å²) in [6.45, 7) is 9.04. The zero-order valence-electron chi connectivity index (χ0n) is 11.7. The van der Waals surface area contributed by atoms with Crippen molar-refractivity contribution in [3.8, 4) is 5.75 Å². The maximum atomic E-state index is 5.26. The molecule has 1 aliphatic heterocycles. The molecular weight excluding hydrogens is 224 g/mol. The summed E-state index contributed by atoms with van der Waals surface area (Å²) in [7, 11) is 1.72. The molecule has 0 aliphatic carbocycles. The number of nitrogens with zero attached hydrogens (tertiary/aromatic N) is 1. The predicted molar refractivity (Wildman–Crippen MR) is 75.2 cm³/mol. The number of benzene rings is 1. The van der Waals surface area contributed by atoms with Crippen molar-refractivity contribution in [2.24, 2.45) is 0 Å². The number of ether oxygens (including phenoxy) is 1. The SMILES string of the molecule is COc1cccc(CCN2CCNCC2(C)C)c1. The van der Waals surface area contributed by atoms with Crippen LogP contribution in [0, 0.1) is 0 Å². The number of hydrogen-bond donors (Lipinski definition) is 1. The molecule has 1 fully saturated rings. The summed E-state index contributed by atoms with van der Waals surface area (Å²) in [6.07, 6.45) is 1.08. The van der Waals surface area contributed by atoms with Crippen LogP contribution in [0.5, 0.6) is 5.75 Å². The lowest BCUT2D eigenvalue weighted by atomic mass is 9.99. The standard InChI is InChI=1S/C15H24N2O/c1-15(2)12-16-8-10-17(15)9-7-13-5-4-6-14(11-13)18-3/h4-6,11,16H,7-10,12H2,1-3H3. The first-order valence-electron chi connectivity index (χ1n) is 6.70. The third kappa shape index (κ3) is 3.24. The van der Waals surface area contributed by atoms with Gasteiger partial charge in [0.1, 0.15) is 5.75 Å². The van der Waals surface area contributed by atoms with E-state index in [9.17, 15) is 0 Å². The van der Waals surface area contributed by atoms with E-state index >= 15 is 0 Å². The van der Waals surface area contributed by atoms with E-state index in [-0.39, 0.29) is 5.54 Å². The van der Waals surface area contributed by atoms with Gasteiger partial charge in [-0.15, -0.1) is 0 Å². The fraction of sp³-hybridized carbons (Fsp3) is 0.600. The highest BCUT2D eigenvalue weighted by atomic mass is 16.5. The van der Waals surface area contributed by atoms with Crippen molar-refractivity contribution in [3.63, 3.8) is 0 Å². The van der Waals surface area contributed by atoms with Gasteiger partial charge in [-0.05, 0) is 38.0 Å². The van der Waals surface area contributed by atoms with Crippen LogP contribution in [0.15, 0.2) is 24.3 Å². The lowest BCUT2D eigenvalue weighted by Gasteiger charge is -2.43. The Morgan fingerprint density at radius 3 is 2.94 bits per heavy atom. The van der Waals surface area contributed by atoms with Gasteiger partial charge in [-0.2, -0.15) is 0 Å². The number of methoxy groups -OCH3 is 1. The maximum absolute atomic E-state index is 5.26. The molecule has 1 saturated heterocycles. The molecular formula is C15H24N2O. The van der Waals surface area contributed by atoms with E-state index in [2.05, 4.69) is 42.3 Å². The molecule has 0 unspecified atom stereocenters. The highest BCUT2D eigenvalue weighted by Crippen LogP contribution is 2.18. The van der Waals surface area contributed by atoms with Gasteiger partial charge in [-0.3, -0.25) is 4.90 Å². The van der Waals surface area contributed by atoms with Crippen LogP contribution in [0.2, 0.25) is 0 Å². The van der Waals surface area contributed by atoms with Crippen molar-refractivity contribution in [3.05, 3.63) is 29.8 Å². The Hall–Kier alpha value is -1.06. The third-order valence-corrected chi connectivity index (χ3v) is 3.78. The third-order valence-electron chi connectivity index (χ3n) is 3.78. The van der Waals surface area contributed by atoms with Gasteiger partial charge in [-0.1, -0.05) is 12.1 Å². The van der Waals surface area contributed by atoms with Gasteiger partial charge in [0.2, 0.25) is 0 Å². The lowest BCUT2D eigenvalue weighted by molar-refractivity contribution is 0.0921. The Bertz CT molecular complexity index is 390. The van der Waals surface area contributed by atoms with Crippen molar-refractivity contribution in [1.82, 2.24) is 10.2 Å². The van der Waals surface area contributed by atoms with Crippen LogP contribution in [0.4, 0.5) is 0 Å². The van der Waals surface area contributed by atoms with Crippen LogP contribution >= 0.6 is 0 Å². The molecule has 1 aromatic carbocycles. The molecule has 100 valence electrons. The number of nitrogens with one attached hydrogen (secondary N) is 1. The molecule has 3 heteroatoms. The van der Waals surface area contributed by atoms with Crippen molar-refractivity contribution in [2.45, 2.75) is 25.8 Å². The molecule has 0 amide bonds. The molecule has 1 N–H and O–H groups in total. The first-order valence-corrected chi connectivity index (χ1v) is 6.70. The highest BCUT2D eigenvalue weighted by molar-refractivity contribution is 5.28. The first kappa shape index (κ1) is 13.4. The zero-order valence-corrected chi connectivity index (χ0v) is 11.7. The van der Waals surface area contributed by atoms with Crippen LogP contribution in [-0.4, -0.2) is 43.7 Å². The van der Waals surface area contributed by atoms with Crippen molar-refractivity contribution in [1.29, 1.82) is 0 Å². The Balaban J connectivity index is 1.94. The summed E-state index contributed by atoms with van der Waals surface area (Å²) in [4.78, 5) is 2.57. The molecule has 0 aromatic heterocycles. The second-order valence-electron chi connectivity index (χ2n) is 5.58. The second-order valence-corrected chi connectivity index (χ2v) is 5.58. The second kappa shape index (κ2) is 5.72. The Labute approximate surface area is 110 Å². The number of piperazine rings is 1. The van der Waals surface area contributed by atoms with E-state index in [1.54, 1.807) is 7.11 Å². The van der Waals surface area contributed by atoms with E-state index in [1.165, 1.54) is 5.56 Å². The van der Waals surface area contributed by atoms with E-state index in [1.807, 2.05) is 6.07 Å². The van der Waals surface area contributed by atoms with E-state index in [0.29, 0.717) is 0 Å². The number of rotatable bonds is 4. The van der Waals surface area contributed by atoms with Gasteiger partial charge < -0.3 is 10.1 Å². The summed E-state index contributed by atoms with van der Waals surface area (Å²) >= 11 is 0. The predicted octanol–water partition coefficient (Wildman–Crippen LogP) is 1.92. The molecule has 18 heavy (non-hydrogen) atoms. The summed E-state index contributed by atoms with van der Waals surface area (Å²) < 4.78 is 5.26. The summed E-state index contributed by atoms with van der Waals surface area (Å²) in [5.41, 5.74) is 1.61. The summed E-state index contributed by atoms with van der Waals surface area (Å²) in [5, 5.41) is 3.46. The zero-order chi connectivity index (χ0) is 13.0. The van der Waals surface area contributed by atoms with Gasteiger partial charge in [0.15, 0.2) is 0 Å². The van der Waals surface area contributed by atoms with Crippen molar-refractivity contribution in [2.75, 3.05) is 33.3 Å². The molecule has 0 radical (unpaired) electrons. The van der Waals surface area contributed by atoms with E-state index < -0.39 is 0 Å². The molecule has 0 spiro atoms. The molecule has 0 saturated carbocycles. The number of hydrogen-bond acceptors (Lipinski definition) is 3. The molecule has 2 rings (SSSR count). The minimum absolute atomic E-state index is 0.261. The molecule has 3 nitrogen and oxygen atoms in total. The smallest absolute Gasteiger partial charge is 0.119 e. The monoisotopic (exact) mass is 248 g/mol. The average molecular weight is 248 g/mol. The normalized spacial score (nSPS) is 19.7. The van der Waals surface area contributed by atoms with Crippen LogP contribution < -0.4 is 10.1 Å². The van der Waals surface area contributed by atoms with Crippen LogP contribution in [0.1, 0.15) is 19.4 Å². The quantitative estimate of drug-likeness (QED) is 0.881. The van der Waals surface area contributed by atoms with Gasteiger partial charge in [0.05, 0.1) is 7.11 Å². The van der Waals surface area contributed by atoms with E-state index in [4.69, 9.17) is 4.74 Å². The molecule has 1 aromatic rings. The average Bonchev–Trinajstić information content (AvgIpc) is 2.37. The fourth-order valence-corrected chi connectivity index (χ4v) is 2.53. The van der Waals surface area contributed by atoms with Crippen LogP contribution in [0.3, 0.4) is 0 Å². The van der Waals surface area contributed by atoms with Crippen LogP contribution in [-0.2, 0) is 6.42 Å². The van der Waals surface area contributed by atoms with Gasteiger partial charge in [-0.25, -0.2) is 0 Å². The van der Waals surface area contributed by atoms with Crippen LogP contribution in [0.25, 0.3) is 0 Å². The van der Waals surface area contributed by atoms with Crippen molar-refractivity contribution >= 4 is 0 Å². The molecule has 0 bridgehead atoms. The maximum Gasteiger partial charge on any atom is 0.119 e. The molecule has 1 heterocycles. The minimum Gasteiger partial charge on any atom is -0.497 e. The minimum atomic E-state index is 0.261. The topological polar surface area (TPSA) is 24.5 Å². The summed E-state index contributed by atoms with van der Waals surface area (Å²) in [6, 6.07) is 8.38. The van der Waals surface area contributed by atoms with E-state index in [0.717, 1.165) is 38.3 Å². The lowest BCUT2D eigenvalue weighted by Crippen LogP contribution is -2.58. The highest BCUT2D eigenvalue weighted by Gasteiger charge is 2.28. The first-order chi connectivity index (χ1) is 8.62. The van der Waals surface area contributed by atoms with Gasteiger partial charge >= 0.3 is 0 Å².